The van der Waals surface area contributed by atoms with Gasteiger partial charge >= 0.3 is 0 Å². The smallest absolute Gasteiger partial charge is 0.184 e. The molecule has 0 bridgehead atoms. The van der Waals surface area contributed by atoms with Crippen molar-refractivity contribution in [2.75, 3.05) is 6.61 Å². The van der Waals surface area contributed by atoms with Crippen LogP contribution in [-0.2, 0) is 0 Å². The van der Waals surface area contributed by atoms with Crippen molar-refractivity contribution in [3.63, 3.8) is 0 Å². The summed E-state index contributed by atoms with van der Waals surface area (Å²) in [6.07, 6.45) is 18.2. The van der Waals surface area contributed by atoms with Crippen LogP contribution >= 0.6 is 11.6 Å². The lowest BCUT2D eigenvalue weighted by Crippen LogP contribution is -2.23. The number of benzene rings is 1. The predicted octanol–water partition coefficient (Wildman–Crippen LogP) is 8.22. The summed E-state index contributed by atoms with van der Waals surface area (Å²) in [4.78, 5) is 0. The van der Waals surface area contributed by atoms with Crippen molar-refractivity contribution >= 4 is 17.2 Å². The van der Waals surface area contributed by atoms with Crippen molar-refractivity contribution in [1.29, 1.82) is 0 Å². The van der Waals surface area contributed by atoms with Gasteiger partial charge in [-0.25, -0.2) is 4.39 Å². The molecule has 0 spiro atoms. The molecule has 28 heavy (non-hydrogen) atoms. The van der Waals surface area contributed by atoms with Gasteiger partial charge in [-0.1, -0.05) is 42.7 Å². The number of halogens is 2. The molecule has 1 aromatic rings. The van der Waals surface area contributed by atoms with Gasteiger partial charge in [0, 0.05) is 0 Å². The van der Waals surface area contributed by atoms with E-state index in [2.05, 4.69) is 25.2 Å². The van der Waals surface area contributed by atoms with E-state index in [-0.39, 0.29) is 10.8 Å². The zero-order valence-electron chi connectivity index (χ0n) is 17.4. The lowest BCUT2D eigenvalue weighted by molar-refractivity contribution is 0.190. The minimum absolute atomic E-state index is 0.206. The molecular weight excluding hydrogens is 371 g/mol. The second-order valence-corrected chi connectivity index (χ2v) is 8.74. The van der Waals surface area contributed by atoms with E-state index < -0.39 is 5.82 Å². The molecule has 3 heteroatoms. The Kier molecular flexibility index (Phi) is 8.02. The lowest BCUT2D eigenvalue weighted by atomic mass is 9.70. The van der Waals surface area contributed by atoms with Crippen LogP contribution in [0, 0.1) is 23.6 Å². The Morgan fingerprint density at radius 1 is 1.14 bits per heavy atom. The van der Waals surface area contributed by atoms with E-state index in [0.717, 1.165) is 36.2 Å². The molecule has 0 N–H and O–H groups in total. The standard InChI is InChI=1S/C25H34ClFO/c1-3-5-6-7-18-8-10-19(11-9-18)20-12-14-21(15-13-20)22-16-17-23(28-4-2)25(27)24(22)26/h3,5,14,16-20H,4,6-13,15H2,1-2H3/b5-3+. The first kappa shape index (κ1) is 21.4. The van der Waals surface area contributed by atoms with Gasteiger partial charge in [0.25, 0.3) is 0 Å². The second-order valence-electron chi connectivity index (χ2n) is 8.36. The molecule has 0 heterocycles. The maximum atomic E-state index is 14.4. The molecule has 0 radical (unpaired) electrons. The summed E-state index contributed by atoms with van der Waals surface area (Å²) in [5.41, 5.74) is 2.04. The van der Waals surface area contributed by atoms with Crippen LogP contribution in [0.5, 0.6) is 5.75 Å². The number of ether oxygens (including phenoxy) is 1. The molecule has 2 aliphatic carbocycles. The number of rotatable bonds is 7. The highest BCUT2D eigenvalue weighted by molar-refractivity contribution is 6.32. The van der Waals surface area contributed by atoms with Gasteiger partial charge in [-0.3, -0.25) is 0 Å². The summed E-state index contributed by atoms with van der Waals surface area (Å²) in [7, 11) is 0. The fourth-order valence-corrected chi connectivity index (χ4v) is 5.30. The van der Waals surface area contributed by atoms with Gasteiger partial charge in [0.05, 0.1) is 11.6 Å². The van der Waals surface area contributed by atoms with Crippen molar-refractivity contribution < 1.29 is 9.13 Å². The second kappa shape index (κ2) is 10.5. The quantitative estimate of drug-likeness (QED) is 0.416. The van der Waals surface area contributed by atoms with Gasteiger partial charge < -0.3 is 4.74 Å². The topological polar surface area (TPSA) is 9.23 Å². The molecule has 1 aromatic carbocycles. The fraction of sp³-hybridized carbons (Fsp3) is 0.600. The molecule has 1 atom stereocenters. The SMILES string of the molecule is C/C=C/CCC1CCC(C2CC=C(c3ccc(OCC)c(F)c3Cl)CC2)CC1. The zero-order chi connectivity index (χ0) is 19.9. The van der Waals surface area contributed by atoms with E-state index in [1.54, 1.807) is 6.07 Å². The number of allylic oxidation sites excluding steroid dienone is 4. The molecule has 0 aromatic heterocycles. The van der Waals surface area contributed by atoms with Crippen LogP contribution in [0.2, 0.25) is 5.02 Å². The van der Waals surface area contributed by atoms with Crippen LogP contribution in [0.3, 0.4) is 0 Å². The van der Waals surface area contributed by atoms with Crippen LogP contribution in [0.1, 0.15) is 77.2 Å². The van der Waals surface area contributed by atoms with Crippen LogP contribution in [0.15, 0.2) is 30.4 Å². The fourth-order valence-electron chi connectivity index (χ4n) is 5.02. The first-order chi connectivity index (χ1) is 13.6. The molecule has 0 saturated heterocycles. The Bertz CT molecular complexity index is 701. The Hall–Kier alpha value is -1.28. The van der Waals surface area contributed by atoms with Crippen LogP contribution in [0.25, 0.3) is 5.57 Å². The van der Waals surface area contributed by atoms with Crippen molar-refractivity contribution in [2.24, 2.45) is 17.8 Å². The monoisotopic (exact) mass is 404 g/mol. The van der Waals surface area contributed by atoms with Gasteiger partial charge in [-0.15, -0.1) is 0 Å². The van der Waals surface area contributed by atoms with E-state index in [9.17, 15) is 4.39 Å². The highest BCUT2D eigenvalue weighted by Crippen LogP contribution is 2.43. The zero-order valence-corrected chi connectivity index (χ0v) is 18.1. The van der Waals surface area contributed by atoms with Crippen molar-refractivity contribution in [3.05, 3.63) is 46.8 Å². The van der Waals surface area contributed by atoms with Crippen molar-refractivity contribution in [3.8, 4) is 5.75 Å². The molecule has 3 rings (SSSR count). The van der Waals surface area contributed by atoms with Gasteiger partial charge in [0.15, 0.2) is 11.6 Å². The molecule has 154 valence electrons. The Morgan fingerprint density at radius 2 is 1.93 bits per heavy atom. The maximum absolute atomic E-state index is 14.4. The average Bonchev–Trinajstić information content (AvgIpc) is 2.73. The highest BCUT2D eigenvalue weighted by Gasteiger charge is 2.29. The van der Waals surface area contributed by atoms with Gasteiger partial charge in [-0.05, 0) is 99.8 Å². The van der Waals surface area contributed by atoms with E-state index in [4.69, 9.17) is 16.3 Å². The van der Waals surface area contributed by atoms with Gasteiger partial charge in [-0.2, -0.15) is 0 Å². The molecule has 2 aliphatic rings. The average molecular weight is 405 g/mol. The first-order valence-corrected chi connectivity index (χ1v) is 11.4. The summed E-state index contributed by atoms with van der Waals surface area (Å²) in [6.45, 7) is 4.39. The molecule has 1 saturated carbocycles. The third kappa shape index (κ3) is 5.20. The van der Waals surface area contributed by atoms with Crippen LogP contribution in [0.4, 0.5) is 4.39 Å². The Morgan fingerprint density at radius 3 is 2.57 bits per heavy atom. The van der Waals surface area contributed by atoms with E-state index in [1.165, 1.54) is 50.5 Å². The minimum atomic E-state index is -0.430. The third-order valence-corrected chi connectivity index (χ3v) is 7.05. The summed E-state index contributed by atoms with van der Waals surface area (Å²) in [5, 5.41) is 0.206. The van der Waals surface area contributed by atoms with Crippen molar-refractivity contribution in [2.45, 2.75) is 71.6 Å². The van der Waals surface area contributed by atoms with E-state index >= 15 is 0 Å². The molecule has 0 aliphatic heterocycles. The van der Waals surface area contributed by atoms with E-state index in [1.807, 2.05) is 13.0 Å². The van der Waals surface area contributed by atoms with E-state index in [0.29, 0.717) is 6.61 Å². The normalized spacial score (nSPS) is 25.7. The number of hydrogen-bond donors (Lipinski definition) is 0. The third-order valence-electron chi connectivity index (χ3n) is 6.68. The van der Waals surface area contributed by atoms with Gasteiger partial charge in [0.1, 0.15) is 0 Å². The Labute approximate surface area is 175 Å². The maximum Gasteiger partial charge on any atom is 0.184 e. The Balaban J connectivity index is 1.56. The molecule has 1 unspecified atom stereocenters. The van der Waals surface area contributed by atoms with Crippen LogP contribution in [-0.4, -0.2) is 6.61 Å². The first-order valence-electron chi connectivity index (χ1n) is 11.0. The summed E-state index contributed by atoms with van der Waals surface area (Å²) in [6, 6.07) is 3.63. The highest BCUT2D eigenvalue weighted by atomic mass is 35.5. The van der Waals surface area contributed by atoms with Crippen LogP contribution < -0.4 is 4.74 Å². The lowest BCUT2D eigenvalue weighted by Gasteiger charge is -2.35. The van der Waals surface area contributed by atoms with Crippen molar-refractivity contribution in [1.82, 2.24) is 0 Å². The predicted molar refractivity (Wildman–Crippen MR) is 117 cm³/mol. The van der Waals surface area contributed by atoms with Gasteiger partial charge in [0.2, 0.25) is 0 Å². The molecule has 1 fully saturated rings. The molecular formula is C25H34ClFO. The molecule has 0 amide bonds. The summed E-state index contributed by atoms with van der Waals surface area (Å²) >= 11 is 6.32. The largest absolute Gasteiger partial charge is 0.491 e. The summed E-state index contributed by atoms with van der Waals surface area (Å²) in [5.74, 6) is 2.39. The summed E-state index contributed by atoms with van der Waals surface area (Å²) < 4.78 is 19.7. The minimum Gasteiger partial charge on any atom is -0.491 e. The molecule has 1 nitrogen and oxygen atoms in total. The number of hydrogen-bond acceptors (Lipinski definition) is 1.